The first-order valence-electron chi connectivity index (χ1n) is 7.25. The van der Waals surface area contributed by atoms with Crippen molar-refractivity contribution in [2.24, 2.45) is 0 Å². The van der Waals surface area contributed by atoms with Gasteiger partial charge in [0.05, 0.1) is 10.9 Å². The molecule has 0 amide bonds. The number of fused-ring (bicyclic) bond motifs is 4. The number of thiazole rings is 1. The number of carbonyl (C=O) groups excluding carboxylic acids is 1. The Morgan fingerprint density at radius 2 is 2.17 bits per heavy atom. The standard InChI is InChI=1S/C16H12N2O4S2/c1-2-3-4-10(19)13-14-17-15(20)8-5-11-12(22-7-21-11)6-9(8)18(14)16(23)24-13/h2,5-6H,1,3-4,7H2,(H,17,20). The Hall–Kier alpha value is -2.45. The van der Waals surface area contributed by atoms with Crippen LogP contribution in [0.5, 0.6) is 11.5 Å². The number of nitrogens with zero attached hydrogens (tertiary/aromatic N) is 1. The number of ketones is 1. The van der Waals surface area contributed by atoms with Gasteiger partial charge in [0, 0.05) is 12.5 Å². The van der Waals surface area contributed by atoms with E-state index in [4.69, 9.17) is 21.7 Å². The van der Waals surface area contributed by atoms with Gasteiger partial charge in [-0.2, -0.15) is 0 Å². The minimum Gasteiger partial charge on any atom is -0.454 e. The predicted molar refractivity (Wildman–Crippen MR) is 94.1 cm³/mol. The average Bonchev–Trinajstić information content (AvgIpc) is 3.15. The number of rotatable bonds is 4. The van der Waals surface area contributed by atoms with E-state index in [-0.39, 0.29) is 18.1 Å². The number of carbonyl (C=O) groups is 1. The van der Waals surface area contributed by atoms with Crippen LogP contribution in [0.2, 0.25) is 0 Å². The Kier molecular flexibility index (Phi) is 3.50. The van der Waals surface area contributed by atoms with Crippen LogP contribution < -0.4 is 15.0 Å². The number of H-pyrrole nitrogens is 1. The molecule has 0 fully saturated rings. The summed E-state index contributed by atoms with van der Waals surface area (Å²) in [5, 5.41) is 0.436. The molecule has 8 heteroatoms. The number of benzene rings is 1. The van der Waals surface area contributed by atoms with Gasteiger partial charge in [0.15, 0.2) is 21.2 Å². The van der Waals surface area contributed by atoms with Crippen LogP contribution in [0.25, 0.3) is 16.6 Å². The minimum atomic E-state index is -0.297. The molecule has 3 aromatic rings. The van der Waals surface area contributed by atoms with E-state index in [2.05, 4.69) is 11.6 Å². The van der Waals surface area contributed by atoms with Gasteiger partial charge in [-0.25, -0.2) is 0 Å². The molecule has 122 valence electrons. The van der Waals surface area contributed by atoms with Crippen molar-refractivity contribution < 1.29 is 14.3 Å². The third-order valence-corrected chi connectivity index (χ3v) is 5.26. The van der Waals surface area contributed by atoms with Crippen LogP contribution in [0.3, 0.4) is 0 Å². The third kappa shape index (κ3) is 2.18. The maximum absolute atomic E-state index is 12.5. The third-order valence-electron chi connectivity index (χ3n) is 3.85. The van der Waals surface area contributed by atoms with Gasteiger partial charge in [-0.1, -0.05) is 17.4 Å². The smallest absolute Gasteiger partial charge is 0.259 e. The molecule has 1 aromatic carbocycles. The van der Waals surface area contributed by atoms with E-state index in [0.717, 1.165) is 0 Å². The van der Waals surface area contributed by atoms with Gasteiger partial charge in [-0.3, -0.25) is 14.0 Å². The highest BCUT2D eigenvalue weighted by atomic mass is 32.1. The fourth-order valence-electron chi connectivity index (χ4n) is 2.71. The molecule has 0 aliphatic carbocycles. The zero-order valence-electron chi connectivity index (χ0n) is 12.5. The molecule has 0 saturated carbocycles. The van der Waals surface area contributed by atoms with Crippen LogP contribution in [0.4, 0.5) is 0 Å². The first-order chi connectivity index (χ1) is 11.6. The van der Waals surface area contributed by atoms with Crippen LogP contribution in [0.1, 0.15) is 22.5 Å². The molecule has 1 N–H and O–H groups in total. The zero-order chi connectivity index (χ0) is 16.8. The van der Waals surface area contributed by atoms with Crippen LogP contribution >= 0.6 is 23.6 Å². The molecule has 6 nitrogen and oxygen atoms in total. The fourth-order valence-corrected chi connectivity index (χ4v) is 4.06. The van der Waals surface area contributed by atoms with Crippen molar-refractivity contribution in [3.63, 3.8) is 0 Å². The fraction of sp³-hybridized carbons (Fsp3) is 0.188. The normalized spacial score (nSPS) is 12.8. The Morgan fingerprint density at radius 3 is 2.92 bits per heavy atom. The van der Waals surface area contributed by atoms with Crippen LogP contribution in [-0.2, 0) is 0 Å². The lowest BCUT2D eigenvalue weighted by atomic mass is 10.2. The monoisotopic (exact) mass is 360 g/mol. The van der Waals surface area contributed by atoms with Gasteiger partial charge in [0.25, 0.3) is 5.56 Å². The minimum absolute atomic E-state index is 0.0655. The van der Waals surface area contributed by atoms with Crippen molar-refractivity contribution in [3.05, 3.63) is 44.0 Å². The second-order valence-corrected chi connectivity index (χ2v) is 6.95. The van der Waals surface area contributed by atoms with Crippen LogP contribution in [0.15, 0.2) is 29.6 Å². The van der Waals surface area contributed by atoms with Crippen molar-refractivity contribution in [2.45, 2.75) is 12.8 Å². The second-order valence-electron chi connectivity index (χ2n) is 5.31. The molecular formula is C16H12N2O4S2. The number of hydrogen-bond donors (Lipinski definition) is 1. The molecule has 4 rings (SSSR count). The van der Waals surface area contributed by atoms with E-state index in [9.17, 15) is 9.59 Å². The summed E-state index contributed by atoms with van der Waals surface area (Å²) in [6.45, 7) is 3.74. The number of ether oxygens (including phenoxy) is 2. The topological polar surface area (TPSA) is 72.8 Å². The summed E-state index contributed by atoms with van der Waals surface area (Å²) in [4.78, 5) is 28.1. The van der Waals surface area contributed by atoms with Gasteiger partial charge >= 0.3 is 0 Å². The van der Waals surface area contributed by atoms with E-state index >= 15 is 0 Å². The summed E-state index contributed by atoms with van der Waals surface area (Å²) in [6, 6.07) is 3.36. The van der Waals surface area contributed by atoms with Crippen molar-refractivity contribution in [2.75, 3.05) is 6.79 Å². The Labute approximate surface area is 145 Å². The molecule has 0 radical (unpaired) electrons. The number of aromatic nitrogens is 2. The lowest BCUT2D eigenvalue weighted by Crippen LogP contribution is -2.11. The summed E-state index contributed by atoms with van der Waals surface area (Å²) < 4.78 is 12.9. The SMILES string of the molecule is C=CCCC(=O)c1sc(=S)n2c1[nH]c(=O)c1cc3c(cc12)OCO3. The number of nitrogens with one attached hydrogen (secondary N) is 1. The molecule has 1 aliphatic heterocycles. The van der Waals surface area contributed by atoms with E-state index in [0.29, 0.717) is 49.7 Å². The second kappa shape index (κ2) is 5.57. The maximum Gasteiger partial charge on any atom is 0.259 e. The van der Waals surface area contributed by atoms with Gasteiger partial charge < -0.3 is 14.5 Å². The molecule has 24 heavy (non-hydrogen) atoms. The Bertz CT molecular complexity index is 1120. The molecule has 2 aromatic heterocycles. The van der Waals surface area contributed by atoms with Gasteiger partial charge in [0.2, 0.25) is 6.79 Å². The van der Waals surface area contributed by atoms with Gasteiger partial charge in [-0.15, -0.1) is 6.58 Å². The van der Waals surface area contributed by atoms with E-state index < -0.39 is 0 Å². The molecule has 0 spiro atoms. The first kappa shape index (κ1) is 15.1. The number of Topliss-reactive ketones (excluding diaryl/α,β-unsaturated/α-hetero) is 1. The van der Waals surface area contributed by atoms with Crippen LogP contribution in [0, 0.1) is 3.95 Å². The van der Waals surface area contributed by atoms with Gasteiger partial charge in [-0.05, 0) is 24.7 Å². The quantitative estimate of drug-likeness (QED) is 0.438. The zero-order valence-corrected chi connectivity index (χ0v) is 14.1. The average molecular weight is 360 g/mol. The number of allylic oxidation sites excluding steroid dienone is 1. The largest absolute Gasteiger partial charge is 0.454 e. The first-order valence-corrected chi connectivity index (χ1v) is 8.48. The van der Waals surface area contributed by atoms with E-state index in [1.165, 1.54) is 11.3 Å². The van der Waals surface area contributed by atoms with E-state index in [1.807, 2.05) is 0 Å². The summed E-state index contributed by atoms with van der Waals surface area (Å²) >= 11 is 6.61. The molecule has 3 heterocycles. The molecular weight excluding hydrogens is 348 g/mol. The van der Waals surface area contributed by atoms with Crippen molar-refractivity contribution in [1.29, 1.82) is 0 Å². The lowest BCUT2D eigenvalue weighted by Gasteiger charge is -2.05. The summed E-state index contributed by atoms with van der Waals surface area (Å²) in [7, 11) is 0. The van der Waals surface area contributed by atoms with Crippen molar-refractivity contribution in [1.82, 2.24) is 9.38 Å². The lowest BCUT2D eigenvalue weighted by molar-refractivity contribution is 0.0988. The molecule has 0 unspecified atom stereocenters. The summed E-state index contributed by atoms with van der Waals surface area (Å²) in [5.74, 6) is 1.02. The molecule has 0 saturated heterocycles. The Balaban J connectivity index is 2.04. The maximum atomic E-state index is 12.5. The summed E-state index contributed by atoms with van der Waals surface area (Å²) in [6.07, 6.45) is 2.59. The molecule has 0 atom stereocenters. The highest BCUT2D eigenvalue weighted by molar-refractivity contribution is 7.73. The number of hydrogen-bond acceptors (Lipinski definition) is 6. The Morgan fingerprint density at radius 1 is 1.42 bits per heavy atom. The van der Waals surface area contributed by atoms with E-state index in [1.54, 1.807) is 22.6 Å². The predicted octanol–water partition coefficient (Wildman–Crippen LogP) is 3.45. The highest BCUT2D eigenvalue weighted by Crippen LogP contribution is 2.36. The molecule has 0 bridgehead atoms. The van der Waals surface area contributed by atoms with Gasteiger partial charge in [0.1, 0.15) is 10.5 Å². The summed E-state index contributed by atoms with van der Waals surface area (Å²) in [5.41, 5.74) is 0.728. The highest BCUT2D eigenvalue weighted by Gasteiger charge is 2.21. The van der Waals surface area contributed by atoms with Crippen LogP contribution in [-0.4, -0.2) is 22.0 Å². The van der Waals surface area contributed by atoms with Crippen molar-refractivity contribution >= 4 is 45.9 Å². The molecule has 1 aliphatic rings. The number of aromatic amines is 1. The van der Waals surface area contributed by atoms with Crippen molar-refractivity contribution in [3.8, 4) is 11.5 Å².